The van der Waals surface area contributed by atoms with Crippen molar-refractivity contribution in [3.63, 3.8) is 0 Å². The fourth-order valence-corrected chi connectivity index (χ4v) is 1.64. The number of hydrogen-bond donors (Lipinski definition) is 3. The smallest absolute Gasteiger partial charge is 0.295 e. The maximum Gasteiger partial charge on any atom is 0.295 e. The molecule has 2 aromatic rings. The number of aromatic nitrogens is 2. The zero-order valence-electron chi connectivity index (χ0n) is 11.1. The SMILES string of the molecule is COc1c(Nc2cccc(OCCN)c2)nc[nH]c1=O. The van der Waals surface area contributed by atoms with Crippen LogP contribution in [0.5, 0.6) is 11.5 Å². The van der Waals surface area contributed by atoms with Crippen LogP contribution in [0.2, 0.25) is 0 Å². The molecule has 0 bridgehead atoms. The maximum absolute atomic E-state index is 11.6. The summed E-state index contributed by atoms with van der Waals surface area (Å²) in [6, 6.07) is 7.27. The average molecular weight is 276 g/mol. The molecular formula is C13H16N4O3. The van der Waals surface area contributed by atoms with E-state index in [9.17, 15) is 4.79 Å². The Labute approximate surface area is 115 Å². The molecule has 1 aromatic carbocycles. The highest BCUT2D eigenvalue weighted by molar-refractivity contribution is 5.62. The van der Waals surface area contributed by atoms with Gasteiger partial charge in [-0.3, -0.25) is 4.79 Å². The highest BCUT2D eigenvalue weighted by Gasteiger charge is 2.09. The van der Waals surface area contributed by atoms with Gasteiger partial charge in [0.1, 0.15) is 12.4 Å². The molecule has 0 unspecified atom stereocenters. The van der Waals surface area contributed by atoms with E-state index in [2.05, 4.69) is 15.3 Å². The monoisotopic (exact) mass is 276 g/mol. The van der Waals surface area contributed by atoms with E-state index in [1.54, 1.807) is 6.07 Å². The normalized spacial score (nSPS) is 10.1. The van der Waals surface area contributed by atoms with Gasteiger partial charge in [0.15, 0.2) is 5.82 Å². The minimum atomic E-state index is -0.347. The molecule has 20 heavy (non-hydrogen) atoms. The van der Waals surface area contributed by atoms with Gasteiger partial charge in [0, 0.05) is 18.3 Å². The van der Waals surface area contributed by atoms with Crippen molar-refractivity contribution >= 4 is 11.5 Å². The van der Waals surface area contributed by atoms with Crippen molar-refractivity contribution in [3.05, 3.63) is 40.9 Å². The van der Waals surface area contributed by atoms with Gasteiger partial charge >= 0.3 is 0 Å². The van der Waals surface area contributed by atoms with Crippen molar-refractivity contribution in [3.8, 4) is 11.5 Å². The second kappa shape index (κ2) is 6.58. The second-order valence-corrected chi connectivity index (χ2v) is 3.90. The number of ether oxygens (including phenoxy) is 2. The summed E-state index contributed by atoms with van der Waals surface area (Å²) in [5.41, 5.74) is 5.77. The molecule has 0 aliphatic carbocycles. The summed E-state index contributed by atoms with van der Waals surface area (Å²) in [4.78, 5) is 18.1. The number of nitrogens with two attached hydrogens (primary N) is 1. The molecule has 0 saturated carbocycles. The third-order valence-corrected chi connectivity index (χ3v) is 2.50. The van der Waals surface area contributed by atoms with Gasteiger partial charge in [-0.1, -0.05) is 6.07 Å². The Morgan fingerprint density at radius 1 is 1.45 bits per heavy atom. The van der Waals surface area contributed by atoms with E-state index in [1.807, 2.05) is 18.2 Å². The highest BCUT2D eigenvalue weighted by Crippen LogP contribution is 2.23. The maximum atomic E-state index is 11.6. The number of benzene rings is 1. The molecule has 0 saturated heterocycles. The number of nitrogens with zero attached hydrogens (tertiary/aromatic N) is 1. The number of nitrogens with one attached hydrogen (secondary N) is 2. The first-order valence-corrected chi connectivity index (χ1v) is 6.06. The predicted molar refractivity (Wildman–Crippen MR) is 75.7 cm³/mol. The summed E-state index contributed by atoms with van der Waals surface area (Å²) < 4.78 is 10.5. The third kappa shape index (κ3) is 3.27. The molecular weight excluding hydrogens is 260 g/mol. The van der Waals surface area contributed by atoms with E-state index in [1.165, 1.54) is 13.4 Å². The number of methoxy groups -OCH3 is 1. The lowest BCUT2D eigenvalue weighted by Crippen LogP contribution is -2.12. The van der Waals surface area contributed by atoms with Crippen LogP contribution in [0.1, 0.15) is 0 Å². The molecule has 106 valence electrons. The van der Waals surface area contributed by atoms with Crippen LogP contribution in [0.4, 0.5) is 11.5 Å². The molecule has 0 fully saturated rings. The van der Waals surface area contributed by atoms with E-state index in [0.29, 0.717) is 24.7 Å². The minimum absolute atomic E-state index is 0.126. The van der Waals surface area contributed by atoms with E-state index in [0.717, 1.165) is 5.69 Å². The number of H-pyrrole nitrogens is 1. The van der Waals surface area contributed by atoms with Crippen LogP contribution < -0.4 is 26.1 Å². The van der Waals surface area contributed by atoms with Crippen molar-refractivity contribution in [1.82, 2.24) is 9.97 Å². The van der Waals surface area contributed by atoms with Crippen LogP contribution >= 0.6 is 0 Å². The molecule has 7 nitrogen and oxygen atoms in total. The Kier molecular flexibility index (Phi) is 4.56. The Morgan fingerprint density at radius 3 is 3.05 bits per heavy atom. The largest absolute Gasteiger partial charge is 0.492 e. The molecule has 0 aliphatic heterocycles. The first-order chi connectivity index (χ1) is 9.74. The van der Waals surface area contributed by atoms with Crippen LogP contribution in [0.3, 0.4) is 0 Å². The summed E-state index contributed by atoms with van der Waals surface area (Å²) in [5, 5.41) is 3.01. The van der Waals surface area contributed by atoms with Gasteiger partial charge in [0.2, 0.25) is 5.75 Å². The fourth-order valence-electron chi connectivity index (χ4n) is 1.64. The Morgan fingerprint density at radius 2 is 2.30 bits per heavy atom. The van der Waals surface area contributed by atoms with Gasteiger partial charge in [0.25, 0.3) is 5.56 Å². The summed E-state index contributed by atoms with van der Waals surface area (Å²) >= 11 is 0. The second-order valence-electron chi connectivity index (χ2n) is 3.90. The van der Waals surface area contributed by atoms with Crippen LogP contribution in [-0.2, 0) is 0 Å². The van der Waals surface area contributed by atoms with Crippen LogP contribution in [0.15, 0.2) is 35.4 Å². The van der Waals surface area contributed by atoms with Crippen molar-refractivity contribution in [2.24, 2.45) is 5.73 Å². The molecule has 0 aliphatic rings. The van der Waals surface area contributed by atoms with Crippen LogP contribution in [0, 0.1) is 0 Å². The van der Waals surface area contributed by atoms with Gasteiger partial charge in [-0.05, 0) is 12.1 Å². The van der Waals surface area contributed by atoms with E-state index >= 15 is 0 Å². The standard InChI is InChI=1S/C13H16N4O3/c1-19-11-12(15-8-16-13(11)18)17-9-3-2-4-10(7-9)20-6-5-14/h2-4,7-8H,5-6,14H2,1H3,(H2,15,16,17,18). The lowest BCUT2D eigenvalue weighted by molar-refractivity contribution is 0.328. The molecule has 1 heterocycles. The Balaban J connectivity index is 2.22. The quantitative estimate of drug-likeness (QED) is 0.723. The Bertz CT molecular complexity index is 627. The first-order valence-electron chi connectivity index (χ1n) is 6.06. The average Bonchev–Trinajstić information content (AvgIpc) is 2.46. The van der Waals surface area contributed by atoms with Crippen molar-refractivity contribution in [1.29, 1.82) is 0 Å². The zero-order chi connectivity index (χ0) is 14.4. The van der Waals surface area contributed by atoms with Crippen molar-refractivity contribution in [2.75, 3.05) is 25.6 Å². The van der Waals surface area contributed by atoms with Gasteiger partial charge in [-0.25, -0.2) is 4.98 Å². The lowest BCUT2D eigenvalue weighted by Gasteiger charge is -2.10. The Hall–Kier alpha value is -2.54. The van der Waals surface area contributed by atoms with E-state index in [-0.39, 0.29) is 11.3 Å². The molecule has 1 aromatic heterocycles. The number of anilines is 2. The summed E-state index contributed by atoms with van der Waals surface area (Å²) in [7, 11) is 1.41. The van der Waals surface area contributed by atoms with E-state index < -0.39 is 0 Å². The molecule has 0 atom stereocenters. The van der Waals surface area contributed by atoms with Gasteiger partial charge in [-0.15, -0.1) is 0 Å². The number of hydrogen-bond acceptors (Lipinski definition) is 6. The lowest BCUT2D eigenvalue weighted by atomic mass is 10.3. The zero-order valence-corrected chi connectivity index (χ0v) is 11.1. The van der Waals surface area contributed by atoms with Gasteiger partial charge < -0.3 is 25.5 Å². The first kappa shape index (κ1) is 13.9. The molecule has 4 N–H and O–H groups in total. The fraction of sp³-hybridized carbons (Fsp3) is 0.231. The van der Waals surface area contributed by atoms with E-state index in [4.69, 9.17) is 15.2 Å². The van der Waals surface area contributed by atoms with Crippen molar-refractivity contribution < 1.29 is 9.47 Å². The van der Waals surface area contributed by atoms with Crippen LogP contribution in [-0.4, -0.2) is 30.2 Å². The highest BCUT2D eigenvalue weighted by atomic mass is 16.5. The predicted octanol–water partition coefficient (Wildman–Crippen LogP) is 0.860. The third-order valence-electron chi connectivity index (χ3n) is 2.50. The molecule has 7 heteroatoms. The number of aromatic amines is 1. The number of rotatable bonds is 6. The summed E-state index contributed by atoms with van der Waals surface area (Å²) in [6.07, 6.45) is 1.31. The topological polar surface area (TPSA) is 102 Å². The van der Waals surface area contributed by atoms with Gasteiger partial charge in [0.05, 0.1) is 13.4 Å². The van der Waals surface area contributed by atoms with Crippen LogP contribution in [0.25, 0.3) is 0 Å². The summed E-state index contributed by atoms with van der Waals surface area (Å²) in [6.45, 7) is 0.886. The molecule has 0 amide bonds. The minimum Gasteiger partial charge on any atom is -0.492 e. The summed E-state index contributed by atoms with van der Waals surface area (Å²) in [5.74, 6) is 1.15. The van der Waals surface area contributed by atoms with Crippen molar-refractivity contribution in [2.45, 2.75) is 0 Å². The van der Waals surface area contributed by atoms with Gasteiger partial charge in [-0.2, -0.15) is 0 Å². The molecule has 0 spiro atoms. The molecule has 0 radical (unpaired) electrons. The molecule has 2 rings (SSSR count).